The molecule has 2 aromatic rings. The van der Waals surface area contributed by atoms with Crippen LogP contribution in [0, 0.1) is 11.3 Å². The quantitative estimate of drug-likeness (QED) is 0.818. The summed E-state index contributed by atoms with van der Waals surface area (Å²) in [4.78, 5) is 13.5. The van der Waals surface area contributed by atoms with Gasteiger partial charge in [-0.1, -0.05) is 19.1 Å². The Balaban J connectivity index is 1.76. The van der Waals surface area contributed by atoms with Gasteiger partial charge in [0, 0.05) is 22.1 Å². The summed E-state index contributed by atoms with van der Waals surface area (Å²) >= 11 is 1.57. The number of nitrogens with one attached hydrogen (secondary N) is 1. The van der Waals surface area contributed by atoms with Crippen molar-refractivity contribution in [3.05, 3.63) is 48.0 Å². The Morgan fingerprint density at radius 1 is 1.24 bits per heavy atom. The van der Waals surface area contributed by atoms with Crippen molar-refractivity contribution >= 4 is 23.4 Å². The molecule has 6 heteroatoms. The molecule has 0 bridgehead atoms. The van der Waals surface area contributed by atoms with E-state index in [-0.39, 0.29) is 11.2 Å². The molecular weight excluding hydrogens is 336 g/mol. The Hall–Kier alpha value is -2.65. The van der Waals surface area contributed by atoms with Gasteiger partial charge in [-0.2, -0.15) is 5.26 Å². The summed E-state index contributed by atoms with van der Waals surface area (Å²) in [6.07, 6.45) is 0.453. The van der Waals surface area contributed by atoms with E-state index in [9.17, 15) is 4.79 Å². The number of benzene rings is 2. The molecular formula is C19H18N2O3S. The van der Waals surface area contributed by atoms with Crippen molar-refractivity contribution in [1.82, 2.24) is 0 Å². The highest BCUT2D eigenvalue weighted by atomic mass is 32.2. The van der Waals surface area contributed by atoms with Crippen molar-refractivity contribution in [3.8, 4) is 17.6 Å². The van der Waals surface area contributed by atoms with Crippen LogP contribution in [-0.2, 0) is 0 Å². The van der Waals surface area contributed by atoms with Crippen molar-refractivity contribution in [3.63, 3.8) is 0 Å². The minimum atomic E-state index is -0.210. The lowest BCUT2D eigenvalue weighted by molar-refractivity contribution is 0.102. The molecule has 1 aliphatic heterocycles. The summed E-state index contributed by atoms with van der Waals surface area (Å²) < 4.78 is 11.0. The number of hydrogen-bond donors (Lipinski definition) is 1. The Morgan fingerprint density at radius 2 is 2.00 bits per heavy atom. The lowest BCUT2D eigenvalue weighted by Crippen LogP contribution is -2.17. The minimum absolute atomic E-state index is 0.150. The Bertz CT molecular complexity index is 817. The topological polar surface area (TPSA) is 71.4 Å². The minimum Gasteiger partial charge on any atom is -0.486 e. The van der Waals surface area contributed by atoms with E-state index in [1.807, 2.05) is 31.2 Å². The van der Waals surface area contributed by atoms with Crippen molar-refractivity contribution in [2.75, 3.05) is 18.5 Å². The Kier molecular flexibility index (Phi) is 5.46. The number of fused-ring (bicyclic) bond motifs is 1. The average Bonchev–Trinajstić information content (AvgIpc) is 2.63. The maximum absolute atomic E-state index is 12.6. The van der Waals surface area contributed by atoms with Crippen molar-refractivity contribution in [1.29, 1.82) is 5.26 Å². The highest BCUT2D eigenvalue weighted by molar-refractivity contribution is 8.00. The van der Waals surface area contributed by atoms with Gasteiger partial charge in [-0.3, -0.25) is 4.79 Å². The van der Waals surface area contributed by atoms with Crippen molar-refractivity contribution in [2.24, 2.45) is 0 Å². The fourth-order valence-electron chi connectivity index (χ4n) is 2.44. The van der Waals surface area contributed by atoms with Gasteiger partial charge in [0.2, 0.25) is 0 Å². The number of nitrogens with zero attached hydrogens (tertiary/aromatic N) is 1. The van der Waals surface area contributed by atoms with Gasteiger partial charge in [0.05, 0.1) is 11.8 Å². The van der Waals surface area contributed by atoms with Gasteiger partial charge in [-0.15, -0.1) is 11.8 Å². The van der Waals surface area contributed by atoms with Crippen molar-refractivity contribution < 1.29 is 14.3 Å². The third kappa shape index (κ3) is 4.25. The van der Waals surface area contributed by atoms with Crippen LogP contribution in [0.1, 0.15) is 23.7 Å². The zero-order valence-corrected chi connectivity index (χ0v) is 14.6. The fraction of sp³-hybridized carbons (Fsp3) is 0.263. The molecule has 1 N–H and O–H groups in total. The van der Waals surface area contributed by atoms with Gasteiger partial charge >= 0.3 is 0 Å². The van der Waals surface area contributed by atoms with E-state index >= 15 is 0 Å². The average molecular weight is 354 g/mol. The number of para-hydroxylation sites is 1. The summed E-state index contributed by atoms with van der Waals surface area (Å²) in [5, 5.41) is 11.9. The second kappa shape index (κ2) is 7.95. The van der Waals surface area contributed by atoms with Gasteiger partial charge in [0.15, 0.2) is 11.5 Å². The van der Waals surface area contributed by atoms with Crippen LogP contribution in [0.2, 0.25) is 0 Å². The number of ether oxygens (including phenoxy) is 2. The Morgan fingerprint density at radius 3 is 2.80 bits per heavy atom. The van der Waals surface area contributed by atoms with E-state index in [0.29, 0.717) is 36.7 Å². The van der Waals surface area contributed by atoms with E-state index < -0.39 is 0 Å². The summed E-state index contributed by atoms with van der Waals surface area (Å²) in [7, 11) is 0. The van der Waals surface area contributed by atoms with Crippen LogP contribution in [-0.4, -0.2) is 24.4 Å². The SMILES string of the molecule is CC(CC#N)Sc1ccccc1NC(=O)c1ccc2c(c1)OCCO2. The predicted octanol–water partition coefficient (Wildman–Crippen LogP) is 4.10. The number of nitriles is 1. The standard InChI is InChI=1S/C19H18N2O3S/c1-13(8-9-20)25-18-5-3-2-4-15(18)21-19(22)14-6-7-16-17(12-14)24-11-10-23-16/h2-7,12-13H,8,10-11H2,1H3,(H,21,22). The number of hydrogen-bond acceptors (Lipinski definition) is 5. The largest absolute Gasteiger partial charge is 0.486 e. The van der Waals surface area contributed by atoms with E-state index in [1.165, 1.54) is 0 Å². The summed E-state index contributed by atoms with van der Waals surface area (Å²) in [5.41, 5.74) is 1.24. The first-order chi connectivity index (χ1) is 12.2. The third-order valence-corrected chi connectivity index (χ3v) is 4.83. The van der Waals surface area contributed by atoms with Gasteiger partial charge in [0.1, 0.15) is 13.2 Å². The van der Waals surface area contributed by atoms with E-state index in [2.05, 4.69) is 11.4 Å². The first-order valence-corrected chi connectivity index (χ1v) is 8.89. The predicted molar refractivity (Wildman–Crippen MR) is 97.4 cm³/mol. The molecule has 1 aliphatic rings. The van der Waals surface area contributed by atoms with Crippen LogP contribution in [0.4, 0.5) is 5.69 Å². The van der Waals surface area contributed by atoms with Gasteiger partial charge < -0.3 is 14.8 Å². The molecule has 128 valence electrons. The highest BCUT2D eigenvalue weighted by Gasteiger charge is 2.16. The first-order valence-electron chi connectivity index (χ1n) is 8.01. The van der Waals surface area contributed by atoms with Crippen LogP contribution < -0.4 is 14.8 Å². The van der Waals surface area contributed by atoms with Crippen LogP contribution >= 0.6 is 11.8 Å². The van der Waals surface area contributed by atoms with Crippen LogP contribution in [0.15, 0.2) is 47.4 Å². The van der Waals surface area contributed by atoms with Crippen LogP contribution in [0.3, 0.4) is 0 Å². The van der Waals surface area contributed by atoms with E-state index in [4.69, 9.17) is 14.7 Å². The number of rotatable bonds is 5. The zero-order chi connectivity index (χ0) is 17.6. The normalized spacial score (nSPS) is 13.6. The second-order valence-electron chi connectivity index (χ2n) is 5.60. The third-order valence-electron chi connectivity index (χ3n) is 3.65. The lowest BCUT2D eigenvalue weighted by Gasteiger charge is -2.19. The number of amides is 1. The maximum atomic E-state index is 12.6. The molecule has 0 aliphatic carbocycles. The molecule has 0 saturated heterocycles. The second-order valence-corrected chi connectivity index (χ2v) is 7.08. The number of carbonyl (C=O) groups is 1. The monoisotopic (exact) mass is 354 g/mol. The first kappa shape index (κ1) is 17.2. The molecule has 5 nitrogen and oxygen atoms in total. The summed E-state index contributed by atoms with van der Waals surface area (Å²) in [5.74, 6) is 1.03. The molecule has 2 aromatic carbocycles. The van der Waals surface area contributed by atoms with E-state index in [1.54, 1.807) is 30.0 Å². The molecule has 0 spiro atoms. The molecule has 0 radical (unpaired) electrons. The number of carbonyl (C=O) groups excluding carboxylic acids is 1. The highest BCUT2D eigenvalue weighted by Crippen LogP contribution is 2.33. The molecule has 1 heterocycles. The smallest absolute Gasteiger partial charge is 0.255 e. The molecule has 25 heavy (non-hydrogen) atoms. The van der Waals surface area contributed by atoms with Crippen molar-refractivity contribution in [2.45, 2.75) is 23.5 Å². The number of anilines is 1. The summed E-state index contributed by atoms with van der Waals surface area (Å²) in [6, 6.07) is 14.9. The fourth-order valence-corrected chi connectivity index (χ4v) is 3.43. The van der Waals surface area contributed by atoms with Crippen LogP contribution in [0.25, 0.3) is 0 Å². The molecule has 1 amide bonds. The molecule has 0 saturated carbocycles. The zero-order valence-electron chi connectivity index (χ0n) is 13.8. The van der Waals surface area contributed by atoms with Gasteiger partial charge in [0.25, 0.3) is 5.91 Å². The van der Waals surface area contributed by atoms with E-state index in [0.717, 1.165) is 10.6 Å². The molecule has 1 atom stereocenters. The Labute approximate surface area is 150 Å². The molecule has 1 unspecified atom stereocenters. The molecule has 3 rings (SSSR count). The summed E-state index contributed by atoms with van der Waals surface area (Å²) in [6.45, 7) is 2.99. The lowest BCUT2D eigenvalue weighted by atomic mass is 10.1. The molecule has 0 fully saturated rings. The number of thioether (sulfide) groups is 1. The maximum Gasteiger partial charge on any atom is 0.255 e. The molecule has 0 aromatic heterocycles. The van der Waals surface area contributed by atoms with Crippen LogP contribution in [0.5, 0.6) is 11.5 Å². The van der Waals surface area contributed by atoms with Gasteiger partial charge in [-0.25, -0.2) is 0 Å². The van der Waals surface area contributed by atoms with Gasteiger partial charge in [-0.05, 0) is 30.3 Å².